The van der Waals surface area contributed by atoms with Crippen LogP contribution in [0.2, 0.25) is 0 Å². The topological polar surface area (TPSA) is 94.0 Å². The van der Waals surface area contributed by atoms with Crippen molar-refractivity contribution >= 4 is 24.1 Å². The Balaban J connectivity index is 1.98. The summed E-state index contributed by atoms with van der Waals surface area (Å²) in [7, 11) is 0. The van der Waals surface area contributed by atoms with Crippen LogP contribution < -0.4 is 0 Å². The molecule has 1 aromatic carbocycles. The van der Waals surface area contributed by atoms with Gasteiger partial charge in [0.25, 0.3) is 12.1 Å². The van der Waals surface area contributed by atoms with Crippen molar-refractivity contribution in [2.75, 3.05) is 0 Å². The zero-order valence-corrected chi connectivity index (χ0v) is 13.2. The number of nitro benzene ring substituents is 1. The minimum absolute atomic E-state index is 0.0638. The lowest BCUT2D eigenvalue weighted by atomic mass is 10.2. The zero-order valence-electron chi connectivity index (χ0n) is 12.4. The van der Waals surface area contributed by atoms with E-state index in [1.165, 1.54) is 18.3 Å². The van der Waals surface area contributed by atoms with Gasteiger partial charge in [0.1, 0.15) is 0 Å². The molecule has 2 heterocycles. The molecule has 8 nitrogen and oxygen atoms in total. The molecule has 0 amide bonds. The maximum Gasteiger partial charge on any atom is 0.299 e. The standard InChI is InChI=1S/C14H10F2N6O2S/c15-12(16)13-18-19-14(25)21(13)17-8-11-5-2-6-20(11)9-3-1-4-10(7-9)22(23)24/h1-8,12H,(H,19,25)/b17-8+. The molecule has 2 aromatic heterocycles. The fourth-order valence-electron chi connectivity index (χ4n) is 2.16. The van der Waals surface area contributed by atoms with Crippen LogP contribution in [0.5, 0.6) is 0 Å². The number of non-ortho nitro benzene ring substituents is 1. The molecule has 0 saturated heterocycles. The van der Waals surface area contributed by atoms with Crippen LogP contribution in [-0.2, 0) is 0 Å². The van der Waals surface area contributed by atoms with Crippen molar-refractivity contribution in [3.63, 3.8) is 0 Å². The van der Waals surface area contributed by atoms with Crippen LogP contribution in [0.25, 0.3) is 5.69 Å². The number of aromatic nitrogens is 4. The number of halogens is 2. The van der Waals surface area contributed by atoms with E-state index in [-0.39, 0.29) is 10.5 Å². The van der Waals surface area contributed by atoms with E-state index < -0.39 is 17.2 Å². The fraction of sp³-hybridized carbons (Fsp3) is 0.0714. The van der Waals surface area contributed by atoms with E-state index in [9.17, 15) is 18.9 Å². The molecule has 25 heavy (non-hydrogen) atoms. The molecule has 3 aromatic rings. The van der Waals surface area contributed by atoms with Gasteiger partial charge in [-0.1, -0.05) is 6.07 Å². The van der Waals surface area contributed by atoms with Crippen LogP contribution in [-0.4, -0.2) is 30.6 Å². The lowest BCUT2D eigenvalue weighted by Gasteiger charge is -2.06. The molecule has 0 fully saturated rings. The molecule has 0 unspecified atom stereocenters. The van der Waals surface area contributed by atoms with Crippen molar-refractivity contribution in [2.45, 2.75) is 6.43 Å². The van der Waals surface area contributed by atoms with Crippen LogP contribution in [0.4, 0.5) is 14.5 Å². The summed E-state index contributed by atoms with van der Waals surface area (Å²) >= 11 is 4.88. The maximum absolute atomic E-state index is 12.9. The Bertz CT molecular complexity index is 1010. The lowest BCUT2D eigenvalue weighted by molar-refractivity contribution is -0.384. The smallest absolute Gasteiger partial charge is 0.299 e. The van der Waals surface area contributed by atoms with Crippen LogP contribution in [0.15, 0.2) is 47.7 Å². The summed E-state index contributed by atoms with van der Waals surface area (Å²) in [4.78, 5) is 10.4. The van der Waals surface area contributed by atoms with E-state index in [0.717, 1.165) is 4.68 Å². The Kier molecular flexibility index (Phi) is 4.48. The molecular formula is C14H10F2N6O2S. The second-order valence-corrected chi connectivity index (χ2v) is 5.21. The van der Waals surface area contributed by atoms with Gasteiger partial charge >= 0.3 is 0 Å². The lowest BCUT2D eigenvalue weighted by Crippen LogP contribution is -2.02. The minimum atomic E-state index is -2.84. The SMILES string of the molecule is O=[N+]([O-])c1cccc(-n2cccc2/C=N/n2c(C(F)F)n[nH]c2=S)c1. The highest BCUT2D eigenvalue weighted by atomic mass is 32.1. The molecular weight excluding hydrogens is 354 g/mol. The summed E-state index contributed by atoms with van der Waals surface area (Å²) in [6.45, 7) is 0. The van der Waals surface area contributed by atoms with Gasteiger partial charge in [-0.2, -0.15) is 14.9 Å². The van der Waals surface area contributed by atoms with Crippen LogP contribution in [0, 0.1) is 14.9 Å². The first-order valence-electron chi connectivity index (χ1n) is 6.89. The van der Waals surface area contributed by atoms with Crippen molar-refractivity contribution in [1.82, 2.24) is 19.4 Å². The van der Waals surface area contributed by atoms with E-state index in [0.29, 0.717) is 11.4 Å². The molecule has 0 spiro atoms. The quantitative estimate of drug-likeness (QED) is 0.325. The molecule has 0 aliphatic rings. The highest BCUT2D eigenvalue weighted by molar-refractivity contribution is 7.71. The normalized spacial score (nSPS) is 11.5. The average Bonchev–Trinajstić information content (AvgIpc) is 3.19. The number of nitrogens with one attached hydrogen (secondary N) is 1. The number of hydrogen-bond donors (Lipinski definition) is 1. The summed E-state index contributed by atoms with van der Waals surface area (Å²) in [5, 5.41) is 20.5. The Morgan fingerprint density at radius 3 is 2.88 bits per heavy atom. The molecule has 0 radical (unpaired) electrons. The molecule has 0 bridgehead atoms. The average molecular weight is 364 g/mol. The Morgan fingerprint density at radius 1 is 1.36 bits per heavy atom. The van der Waals surface area contributed by atoms with Crippen molar-refractivity contribution in [3.8, 4) is 5.69 Å². The zero-order chi connectivity index (χ0) is 18.0. The summed E-state index contributed by atoms with van der Waals surface area (Å²) in [5.74, 6) is -0.602. The van der Waals surface area contributed by atoms with Crippen molar-refractivity contribution in [1.29, 1.82) is 0 Å². The highest BCUT2D eigenvalue weighted by Gasteiger charge is 2.16. The van der Waals surface area contributed by atoms with Gasteiger partial charge in [0, 0.05) is 18.3 Å². The molecule has 0 aliphatic carbocycles. The van der Waals surface area contributed by atoms with Gasteiger partial charge in [0.05, 0.1) is 22.5 Å². The van der Waals surface area contributed by atoms with Crippen LogP contribution in [0.1, 0.15) is 17.9 Å². The third-order valence-corrected chi connectivity index (χ3v) is 3.54. The first kappa shape index (κ1) is 16.6. The number of nitrogens with zero attached hydrogens (tertiary/aromatic N) is 5. The molecule has 1 N–H and O–H groups in total. The Morgan fingerprint density at radius 2 is 2.16 bits per heavy atom. The molecule has 0 atom stereocenters. The Hall–Kier alpha value is -3.21. The summed E-state index contributed by atoms with van der Waals surface area (Å²) in [6, 6.07) is 9.37. The second-order valence-electron chi connectivity index (χ2n) is 4.82. The van der Waals surface area contributed by atoms with E-state index in [4.69, 9.17) is 12.2 Å². The van der Waals surface area contributed by atoms with E-state index in [1.54, 1.807) is 35.0 Å². The molecule has 0 saturated carbocycles. The molecule has 3 rings (SSSR count). The number of aromatic amines is 1. The second kappa shape index (κ2) is 6.73. The summed E-state index contributed by atoms with van der Waals surface area (Å²) in [6.07, 6.45) is 0.146. The Labute approximate surface area is 144 Å². The summed E-state index contributed by atoms with van der Waals surface area (Å²) < 4.78 is 28.1. The van der Waals surface area contributed by atoms with Crippen LogP contribution >= 0.6 is 12.2 Å². The monoisotopic (exact) mass is 364 g/mol. The van der Waals surface area contributed by atoms with E-state index in [2.05, 4.69) is 15.3 Å². The number of hydrogen-bond acceptors (Lipinski definition) is 5. The van der Waals surface area contributed by atoms with Gasteiger partial charge in [-0.05, 0) is 30.4 Å². The largest absolute Gasteiger partial charge is 0.315 e. The van der Waals surface area contributed by atoms with Gasteiger partial charge in [-0.15, -0.1) is 0 Å². The third-order valence-electron chi connectivity index (χ3n) is 3.28. The first-order chi connectivity index (χ1) is 12.0. The highest BCUT2D eigenvalue weighted by Crippen LogP contribution is 2.19. The van der Waals surface area contributed by atoms with E-state index in [1.807, 2.05) is 0 Å². The van der Waals surface area contributed by atoms with Crippen LogP contribution in [0.3, 0.4) is 0 Å². The maximum atomic E-state index is 12.9. The van der Waals surface area contributed by atoms with Crippen molar-refractivity contribution in [3.05, 3.63) is 69.0 Å². The molecule has 0 aliphatic heterocycles. The number of nitro groups is 1. The van der Waals surface area contributed by atoms with Gasteiger partial charge in [0.15, 0.2) is 0 Å². The van der Waals surface area contributed by atoms with Crippen molar-refractivity contribution in [2.24, 2.45) is 5.10 Å². The number of alkyl halides is 2. The van der Waals surface area contributed by atoms with Crippen molar-refractivity contribution < 1.29 is 13.7 Å². The van der Waals surface area contributed by atoms with Gasteiger partial charge in [-0.25, -0.2) is 13.9 Å². The number of benzene rings is 1. The van der Waals surface area contributed by atoms with Gasteiger partial charge in [-0.3, -0.25) is 10.1 Å². The van der Waals surface area contributed by atoms with E-state index >= 15 is 0 Å². The molecule has 11 heteroatoms. The number of rotatable bonds is 5. The predicted molar refractivity (Wildman–Crippen MR) is 87.8 cm³/mol. The predicted octanol–water partition coefficient (Wildman–Crippen LogP) is 3.46. The van der Waals surface area contributed by atoms with Gasteiger partial charge in [0.2, 0.25) is 10.6 Å². The van der Waals surface area contributed by atoms with Gasteiger partial charge < -0.3 is 4.57 Å². The third kappa shape index (κ3) is 3.35. The number of H-pyrrole nitrogens is 1. The first-order valence-corrected chi connectivity index (χ1v) is 7.30. The fourth-order valence-corrected chi connectivity index (χ4v) is 2.35. The minimum Gasteiger partial charge on any atom is -0.315 e. The summed E-state index contributed by atoms with van der Waals surface area (Å²) in [5.41, 5.74) is 0.987. The molecule has 128 valence electrons.